The number of furan rings is 1. The monoisotopic (exact) mass is 220 g/mol. The van der Waals surface area contributed by atoms with Crippen molar-refractivity contribution < 1.29 is 9.21 Å². The minimum atomic E-state index is -0.204. The second-order valence-electron chi connectivity index (χ2n) is 2.73. The van der Waals surface area contributed by atoms with E-state index < -0.39 is 0 Å². The molecule has 0 aliphatic rings. The molecule has 0 saturated carbocycles. The molecule has 0 aliphatic heterocycles. The third-order valence-electron chi connectivity index (χ3n) is 1.67. The molecular weight excluding hydrogens is 212 g/mol. The van der Waals surface area contributed by atoms with E-state index in [2.05, 4.69) is 10.5 Å². The van der Waals surface area contributed by atoms with Crippen LogP contribution in [0.2, 0.25) is 0 Å². The summed E-state index contributed by atoms with van der Waals surface area (Å²) in [5, 5.41) is 5.63. The van der Waals surface area contributed by atoms with Crippen LogP contribution in [-0.4, -0.2) is 12.1 Å². The molecule has 1 amide bonds. The molecule has 1 N–H and O–H groups in total. The second-order valence-corrected chi connectivity index (χ2v) is 3.68. The van der Waals surface area contributed by atoms with Crippen LogP contribution in [0.1, 0.15) is 15.2 Å². The van der Waals surface area contributed by atoms with E-state index in [1.807, 2.05) is 11.4 Å². The van der Waals surface area contributed by atoms with E-state index in [1.54, 1.807) is 24.7 Å². The molecule has 2 aromatic heterocycles. The van der Waals surface area contributed by atoms with Gasteiger partial charge in [0.2, 0.25) is 0 Å². The van der Waals surface area contributed by atoms with Crippen LogP contribution >= 0.6 is 11.3 Å². The number of carbonyl (C=O) groups excluding carboxylic acids is 1. The summed E-state index contributed by atoms with van der Waals surface area (Å²) in [5.41, 5.74) is 3.23. The Morgan fingerprint density at radius 2 is 2.47 bits per heavy atom. The Kier molecular flexibility index (Phi) is 2.94. The highest BCUT2D eigenvalue weighted by molar-refractivity contribution is 7.12. The zero-order valence-electron chi connectivity index (χ0n) is 7.71. The molecule has 0 fully saturated rings. The number of nitrogens with one attached hydrogen (secondary N) is 1. The Hall–Kier alpha value is -1.88. The molecule has 0 unspecified atom stereocenters. The van der Waals surface area contributed by atoms with Gasteiger partial charge < -0.3 is 4.42 Å². The quantitative estimate of drug-likeness (QED) is 0.636. The van der Waals surface area contributed by atoms with Crippen molar-refractivity contribution in [2.45, 2.75) is 0 Å². The molecule has 2 rings (SSSR count). The fraction of sp³-hybridized carbons (Fsp3) is 0. The van der Waals surface area contributed by atoms with Crippen molar-refractivity contribution in [1.29, 1.82) is 0 Å². The minimum absolute atomic E-state index is 0.204. The van der Waals surface area contributed by atoms with Crippen LogP contribution in [0.25, 0.3) is 0 Å². The van der Waals surface area contributed by atoms with Gasteiger partial charge in [0.05, 0.1) is 23.6 Å². The number of carbonyl (C=O) groups is 1. The highest BCUT2D eigenvalue weighted by Crippen LogP contribution is 2.07. The van der Waals surface area contributed by atoms with Gasteiger partial charge in [0.25, 0.3) is 5.91 Å². The van der Waals surface area contributed by atoms with Crippen LogP contribution in [0.4, 0.5) is 0 Å². The average molecular weight is 220 g/mol. The minimum Gasteiger partial charge on any atom is -0.472 e. The molecule has 4 nitrogen and oxygen atoms in total. The fourth-order valence-electron chi connectivity index (χ4n) is 0.977. The predicted octanol–water partition coefficient (Wildman–Crippen LogP) is 2.10. The van der Waals surface area contributed by atoms with Gasteiger partial charge in [-0.15, -0.1) is 11.3 Å². The standard InChI is InChI=1S/C10H8N2O2S/c13-10(9-2-1-5-15-9)12-11-6-8-3-4-14-7-8/h1-7H,(H,12,13). The highest BCUT2D eigenvalue weighted by atomic mass is 32.1. The van der Waals surface area contributed by atoms with E-state index in [0.717, 1.165) is 5.56 Å². The van der Waals surface area contributed by atoms with Crippen molar-refractivity contribution >= 4 is 23.5 Å². The SMILES string of the molecule is O=C(NN=Cc1ccoc1)c1cccs1. The lowest BCUT2D eigenvalue weighted by molar-refractivity contribution is 0.0959. The van der Waals surface area contributed by atoms with Crippen molar-refractivity contribution in [1.82, 2.24) is 5.43 Å². The second kappa shape index (κ2) is 4.56. The Bertz CT molecular complexity index is 446. The van der Waals surface area contributed by atoms with E-state index in [-0.39, 0.29) is 5.91 Å². The van der Waals surface area contributed by atoms with Gasteiger partial charge in [0.15, 0.2) is 0 Å². The van der Waals surface area contributed by atoms with Crippen molar-refractivity contribution in [3.63, 3.8) is 0 Å². The van der Waals surface area contributed by atoms with Gasteiger partial charge in [0, 0.05) is 5.56 Å². The Balaban J connectivity index is 1.91. The summed E-state index contributed by atoms with van der Waals surface area (Å²) < 4.78 is 4.84. The van der Waals surface area contributed by atoms with Gasteiger partial charge in [0.1, 0.15) is 0 Å². The first kappa shape index (κ1) is 9.67. The number of hydrogen-bond acceptors (Lipinski definition) is 4. The maximum Gasteiger partial charge on any atom is 0.281 e. The summed E-state index contributed by atoms with van der Waals surface area (Å²) in [5.74, 6) is -0.204. The lowest BCUT2D eigenvalue weighted by Crippen LogP contribution is -2.15. The van der Waals surface area contributed by atoms with Gasteiger partial charge >= 0.3 is 0 Å². The number of hydrogen-bond donors (Lipinski definition) is 1. The number of rotatable bonds is 3. The lowest BCUT2D eigenvalue weighted by atomic mass is 10.4. The molecule has 0 saturated heterocycles. The summed E-state index contributed by atoms with van der Waals surface area (Å²) in [6.07, 6.45) is 4.61. The van der Waals surface area contributed by atoms with Crippen LogP contribution in [0.15, 0.2) is 45.6 Å². The number of nitrogens with zero attached hydrogens (tertiary/aromatic N) is 1. The van der Waals surface area contributed by atoms with E-state index in [4.69, 9.17) is 4.42 Å². The molecule has 15 heavy (non-hydrogen) atoms. The molecule has 5 heteroatoms. The Labute approximate surface area is 90.2 Å². The molecule has 0 atom stereocenters. The van der Waals surface area contributed by atoms with Crippen LogP contribution in [0.3, 0.4) is 0 Å². The Morgan fingerprint density at radius 1 is 1.53 bits per heavy atom. The van der Waals surface area contributed by atoms with Crippen molar-refractivity contribution in [3.05, 3.63) is 46.5 Å². The summed E-state index contributed by atoms with van der Waals surface area (Å²) >= 11 is 1.37. The lowest BCUT2D eigenvalue weighted by Gasteiger charge is -1.93. The molecule has 0 spiro atoms. The van der Waals surface area contributed by atoms with Gasteiger partial charge in [-0.05, 0) is 17.5 Å². The average Bonchev–Trinajstić information content (AvgIpc) is 2.90. The van der Waals surface area contributed by atoms with E-state index >= 15 is 0 Å². The molecular formula is C10H8N2O2S. The first-order valence-electron chi connectivity index (χ1n) is 4.25. The van der Waals surface area contributed by atoms with Crippen molar-refractivity contribution in [2.24, 2.45) is 5.10 Å². The molecule has 0 aromatic carbocycles. The smallest absolute Gasteiger partial charge is 0.281 e. The van der Waals surface area contributed by atoms with Gasteiger partial charge in [-0.1, -0.05) is 6.07 Å². The first-order chi connectivity index (χ1) is 7.36. The van der Waals surface area contributed by atoms with Crippen molar-refractivity contribution in [3.8, 4) is 0 Å². The topological polar surface area (TPSA) is 54.6 Å². The van der Waals surface area contributed by atoms with Gasteiger partial charge in [-0.3, -0.25) is 4.79 Å². The van der Waals surface area contributed by atoms with Crippen LogP contribution < -0.4 is 5.43 Å². The van der Waals surface area contributed by atoms with Crippen LogP contribution in [0, 0.1) is 0 Å². The molecule has 0 aliphatic carbocycles. The zero-order valence-corrected chi connectivity index (χ0v) is 8.53. The van der Waals surface area contributed by atoms with E-state index in [9.17, 15) is 4.79 Å². The van der Waals surface area contributed by atoms with Crippen molar-refractivity contribution in [2.75, 3.05) is 0 Å². The summed E-state index contributed by atoms with van der Waals surface area (Å²) in [7, 11) is 0. The highest BCUT2D eigenvalue weighted by Gasteiger charge is 2.03. The maximum absolute atomic E-state index is 11.4. The third-order valence-corrected chi connectivity index (χ3v) is 2.54. The van der Waals surface area contributed by atoms with Crippen LogP contribution in [-0.2, 0) is 0 Å². The third kappa shape index (κ3) is 2.54. The van der Waals surface area contributed by atoms with Gasteiger partial charge in [-0.25, -0.2) is 5.43 Å². The van der Waals surface area contributed by atoms with E-state index in [1.165, 1.54) is 17.6 Å². The number of thiophene rings is 1. The maximum atomic E-state index is 11.4. The summed E-state index contributed by atoms with van der Waals surface area (Å²) in [4.78, 5) is 12.0. The molecule has 2 heterocycles. The number of amides is 1. The molecule has 0 radical (unpaired) electrons. The summed E-state index contributed by atoms with van der Waals surface area (Å²) in [6.45, 7) is 0. The largest absolute Gasteiger partial charge is 0.472 e. The number of hydrazone groups is 1. The first-order valence-corrected chi connectivity index (χ1v) is 5.13. The molecule has 0 bridgehead atoms. The molecule has 76 valence electrons. The van der Waals surface area contributed by atoms with Gasteiger partial charge in [-0.2, -0.15) is 5.10 Å². The normalized spacial score (nSPS) is 10.7. The molecule has 2 aromatic rings. The zero-order chi connectivity index (χ0) is 10.5. The fourth-order valence-corrected chi connectivity index (χ4v) is 1.59. The summed E-state index contributed by atoms with van der Waals surface area (Å²) in [6, 6.07) is 5.31. The van der Waals surface area contributed by atoms with Crippen LogP contribution in [0.5, 0.6) is 0 Å². The predicted molar refractivity (Wildman–Crippen MR) is 58.1 cm³/mol. The van der Waals surface area contributed by atoms with E-state index in [0.29, 0.717) is 4.88 Å². The Morgan fingerprint density at radius 3 is 3.13 bits per heavy atom.